The molecule has 4 atom stereocenters. The van der Waals surface area contributed by atoms with Gasteiger partial charge < -0.3 is 24.7 Å². The fraction of sp³-hybridized carbons (Fsp3) is 0.478. The predicted molar refractivity (Wildman–Crippen MR) is 110 cm³/mol. The van der Waals surface area contributed by atoms with E-state index < -0.39 is 0 Å². The molecular formula is C23H32N2O3+2. The van der Waals surface area contributed by atoms with Crippen LogP contribution in [-0.2, 0) is 12.8 Å². The number of nitrogens with one attached hydrogen (secondary N) is 2. The van der Waals surface area contributed by atoms with Crippen molar-refractivity contribution < 1.29 is 24.7 Å². The highest BCUT2D eigenvalue weighted by atomic mass is 16.5. The zero-order chi connectivity index (χ0) is 20.2. The highest BCUT2D eigenvalue weighted by molar-refractivity contribution is 5.82. The number of hydrogen-bond acceptors (Lipinski definition) is 3. The Morgan fingerprint density at radius 2 is 1.46 bits per heavy atom. The Morgan fingerprint density at radius 1 is 0.893 bits per heavy atom. The smallest absolute Gasteiger partial charge is 0.166 e. The van der Waals surface area contributed by atoms with Gasteiger partial charge in [0.15, 0.2) is 11.5 Å². The molecule has 0 amide bonds. The van der Waals surface area contributed by atoms with Crippen LogP contribution in [-0.4, -0.2) is 44.5 Å². The molecule has 2 aromatic carbocycles. The van der Waals surface area contributed by atoms with Crippen LogP contribution in [0.15, 0.2) is 18.2 Å². The Hall–Kier alpha value is -2.24. The first-order valence-electron chi connectivity index (χ1n) is 10.3. The number of fused-ring (bicyclic) bond motifs is 2. The molecule has 2 heterocycles. The largest absolute Gasteiger partial charge is 0.508 e. The van der Waals surface area contributed by atoms with Crippen molar-refractivity contribution >= 4 is 0 Å². The minimum Gasteiger partial charge on any atom is -0.508 e. The summed E-state index contributed by atoms with van der Waals surface area (Å²) in [5, 5.41) is 21.7. The molecule has 0 radical (unpaired) electrons. The van der Waals surface area contributed by atoms with E-state index in [0.29, 0.717) is 11.8 Å². The summed E-state index contributed by atoms with van der Waals surface area (Å²) >= 11 is 0. The molecule has 4 rings (SSSR count). The monoisotopic (exact) mass is 384 g/mol. The van der Waals surface area contributed by atoms with Crippen molar-refractivity contribution in [3.63, 3.8) is 0 Å². The summed E-state index contributed by atoms with van der Waals surface area (Å²) < 4.78 is 5.53. The molecule has 2 aromatic rings. The highest BCUT2D eigenvalue weighted by Crippen LogP contribution is 2.48. The van der Waals surface area contributed by atoms with Crippen LogP contribution in [0.25, 0.3) is 11.1 Å². The number of phenolic OH excluding ortho intramolecular Hbond substituents is 2. The molecule has 5 nitrogen and oxygen atoms in total. The van der Waals surface area contributed by atoms with E-state index in [0.717, 1.165) is 37.1 Å². The van der Waals surface area contributed by atoms with Crippen LogP contribution in [0.1, 0.15) is 48.2 Å². The summed E-state index contributed by atoms with van der Waals surface area (Å²) in [7, 11) is 6.02. The van der Waals surface area contributed by atoms with Gasteiger partial charge in [-0.25, -0.2) is 0 Å². The molecular weight excluding hydrogens is 352 g/mol. The number of quaternary nitrogens is 2. The Kier molecular flexibility index (Phi) is 4.76. The second kappa shape index (κ2) is 6.98. The Labute approximate surface area is 167 Å². The highest BCUT2D eigenvalue weighted by Gasteiger charge is 2.35. The van der Waals surface area contributed by atoms with Crippen molar-refractivity contribution in [1.29, 1.82) is 0 Å². The number of phenols is 2. The maximum absolute atomic E-state index is 11.2. The molecule has 150 valence electrons. The molecule has 2 aliphatic heterocycles. The Bertz CT molecular complexity index is 925. The van der Waals surface area contributed by atoms with E-state index >= 15 is 0 Å². The van der Waals surface area contributed by atoms with E-state index in [2.05, 4.69) is 27.9 Å². The summed E-state index contributed by atoms with van der Waals surface area (Å²) in [4.78, 5) is 2.88. The topological polar surface area (TPSA) is 58.6 Å². The molecule has 4 N–H and O–H groups in total. The van der Waals surface area contributed by atoms with Gasteiger partial charge in [0.2, 0.25) is 0 Å². The zero-order valence-electron chi connectivity index (χ0n) is 17.5. The van der Waals surface area contributed by atoms with Crippen LogP contribution in [0.2, 0.25) is 0 Å². The molecule has 28 heavy (non-hydrogen) atoms. The molecule has 0 saturated carbocycles. The van der Waals surface area contributed by atoms with Gasteiger partial charge in [0.1, 0.15) is 17.8 Å². The van der Waals surface area contributed by atoms with Crippen LogP contribution < -0.4 is 14.5 Å². The van der Waals surface area contributed by atoms with Crippen LogP contribution in [0, 0.1) is 0 Å². The number of ether oxygens (including phenoxy) is 1. The second-order valence-corrected chi connectivity index (χ2v) is 8.58. The number of rotatable bonds is 2. The molecule has 0 saturated heterocycles. The van der Waals surface area contributed by atoms with Crippen molar-refractivity contribution in [2.75, 3.05) is 34.3 Å². The van der Waals surface area contributed by atoms with Gasteiger partial charge in [-0.2, -0.15) is 0 Å². The van der Waals surface area contributed by atoms with Gasteiger partial charge in [0.25, 0.3) is 0 Å². The lowest BCUT2D eigenvalue weighted by Gasteiger charge is -2.35. The molecule has 0 fully saturated rings. The van der Waals surface area contributed by atoms with Gasteiger partial charge in [-0.1, -0.05) is 0 Å². The van der Waals surface area contributed by atoms with Gasteiger partial charge in [0, 0.05) is 29.5 Å². The average molecular weight is 385 g/mol. The minimum absolute atomic E-state index is 0.186. The fourth-order valence-electron chi connectivity index (χ4n) is 5.06. The summed E-state index contributed by atoms with van der Waals surface area (Å²) in [6.45, 7) is 6.56. The van der Waals surface area contributed by atoms with Crippen molar-refractivity contribution in [3.8, 4) is 28.4 Å². The van der Waals surface area contributed by atoms with Crippen molar-refractivity contribution in [1.82, 2.24) is 0 Å². The third-order valence-electron chi connectivity index (χ3n) is 7.05. The molecule has 0 aliphatic carbocycles. The Morgan fingerprint density at radius 3 is 2.07 bits per heavy atom. The fourth-order valence-corrected chi connectivity index (χ4v) is 5.06. The van der Waals surface area contributed by atoms with Crippen molar-refractivity contribution in [2.24, 2.45) is 0 Å². The quantitative estimate of drug-likeness (QED) is 0.626. The van der Waals surface area contributed by atoms with Gasteiger partial charge in [-0.3, -0.25) is 0 Å². The molecule has 5 heteroatoms. The van der Waals surface area contributed by atoms with Gasteiger partial charge in [-0.15, -0.1) is 0 Å². The minimum atomic E-state index is 0.186. The number of benzene rings is 2. The van der Waals surface area contributed by atoms with E-state index in [1.807, 2.05) is 18.2 Å². The van der Waals surface area contributed by atoms with Crippen LogP contribution >= 0.6 is 0 Å². The third-order valence-corrected chi connectivity index (χ3v) is 7.05. The maximum atomic E-state index is 11.2. The lowest BCUT2D eigenvalue weighted by atomic mass is 9.80. The summed E-state index contributed by atoms with van der Waals surface area (Å²) in [6, 6.07) is 6.28. The first kappa shape index (κ1) is 19.1. The number of aromatic hydroxyl groups is 2. The number of likely N-dealkylation sites (N-methyl/N-ethyl adjacent to an activating group) is 2. The first-order chi connectivity index (χ1) is 13.3. The zero-order valence-corrected chi connectivity index (χ0v) is 17.5. The Balaban J connectivity index is 2.07. The van der Waals surface area contributed by atoms with Crippen LogP contribution in [0.5, 0.6) is 17.2 Å². The first-order valence-corrected chi connectivity index (χ1v) is 10.3. The summed E-state index contributed by atoms with van der Waals surface area (Å²) in [6.07, 6.45) is 1.89. The van der Waals surface area contributed by atoms with Crippen molar-refractivity contribution in [2.45, 2.75) is 38.8 Å². The SMILES string of the molecule is COc1cc2c(c(-c3cc(O)cc4c3[C@H](C)[NH+](C)CC4)c1O)[C@H](C)[NH+](C)CC2. The summed E-state index contributed by atoms with van der Waals surface area (Å²) in [5.74, 6) is 0.966. The number of hydrogen-bond donors (Lipinski definition) is 4. The van der Waals surface area contributed by atoms with Gasteiger partial charge in [-0.05, 0) is 48.7 Å². The van der Waals surface area contributed by atoms with Gasteiger partial charge >= 0.3 is 0 Å². The number of methoxy groups -OCH3 is 1. The normalized spacial score (nSPS) is 26.5. The van der Waals surface area contributed by atoms with Gasteiger partial charge in [0.05, 0.1) is 34.3 Å². The second-order valence-electron chi connectivity index (χ2n) is 8.58. The van der Waals surface area contributed by atoms with E-state index in [1.165, 1.54) is 32.1 Å². The molecule has 0 spiro atoms. The van der Waals surface area contributed by atoms with E-state index in [1.54, 1.807) is 7.11 Å². The lowest BCUT2D eigenvalue weighted by molar-refractivity contribution is -0.912. The predicted octanol–water partition coefficient (Wildman–Crippen LogP) is 1.04. The molecule has 0 aromatic heterocycles. The van der Waals surface area contributed by atoms with E-state index in [4.69, 9.17) is 4.74 Å². The van der Waals surface area contributed by atoms with E-state index in [9.17, 15) is 10.2 Å². The summed E-state index contributed by atoms with van der Waals surface area (Å²) in [5.41, 5.74) is 6.65. The van der Waals surface area contributed by atoms with E-state index in [-0.39, 0.29) is 17.5 Å². The lowest BCUT2D eigenvalue weighted by Crippen LogP contribution is -3.10. The molecule has 0 bridgehead atoms. The standard InChI is InChI=1S/C23H30N2O3/c1-13-20-15(6-8-24(13)3)10-17(26)12-18(20)22-21-14(2)25(4)9-7-16(21)11-19(28-5)23(22)27/h10-14,26-27H,6-9H2,1-5H3/p+2/t13-,14-/m0/s1. The average Bonchev–Trinajstić information content (AvgIpc) is 2.67. The van der Waals surface area contributed by atoms with Crippen molar-refractivity contribution in [3.05, 3.63) is 40.5 Å². The third kappa shape index (κ3) is 2.85. The molecule has 2 aliphatic rings. The molecule has 2 unspecified atom stereocenters. The van der Waals surface area contributed by atoms with Crippen LogP contribution in [0.4, 0.5) is 0 Å². The maximum Gasteiger partial charge on any atom is 0.166 e. The van der Waals surface area contributed by atoms with Crippen LogP contribution in [0.3, 0.4) is 0 Å².